The zero-order valence-electron chi connectivity index (χ0n) is 31.6. The van der Waals surface area contributed by atoms with E-state index in [-0.39, 0.29) is 0 Å². The molecule has 0 aliphatic rings. The van der Waals surface area contributed by atoms with E-state index >= 15 is 0 Å². The number of rotatable bonds is 6. The third-order valence-corrected chi connectivity index (χ3v) is 18.2. The van der Waals surface area contributed by atoms with Crippen LogP contribution in [0.4, 0.5) is 0 Å². The number of benzene rings is 9. The molecular weight excluding hydrogens is 737 g/mol. The maximum absolute atomic E-state index is 3.09. The van der Waals surface area contributed by atoms with Crippen LogP contribution in [0.25, 0.3) is 75.2 Å². The molecule has 12 aromatic rings. The van der Waals surface area contributed by atoms with E-state index in [1.807, 2.05) is 11.3 Å². The van der Waals surface area contributed by atoms with Crippen molar-refractivity contribution in [3.05, 3.63) is 218 Å². The van der Waals surface area contributed by atoms with Gasteiger partial charge in [0.2, 0.25) is 0 Å². The number of fused-ring (bicyclic) bond motifs is 10. The average Bonchev–Trinajstić information content (AvgIpc) is 3.96. The molecule has 0 radical (unpaired) electrons. The van der Waals surface area contributed by atoms with E-state index in [4.69, 9.17) is 0 Å². The topological polar surface area (TPSA) is 9.86 Å². The minimum atomic E-state index is -3.09. The standard InChI is InChI=1S/C54H36N2SSi/c1-4-18-37(19-5-1)55-47-30-13-10-26-42(47)44-29-17-33-51(53(44)55)58(39-21-6-2-7-22-39,40-23-8-3-9-24-40)41-25-16-20-38(36-41)56-48-31-14-11-27-43(48)45-34-35-50-52(54(45)56)46-28-12-15-32-49(46)57-50/h1-36H. The smallest absolute Gasteiger partial charge is 0.181 e. The quantitative estimate of drug-likeness (QED) is 0.118. The zero-order valence-corrected chi connectivity index (χ0v) is 33.4. The van der Waals surface area contributed by atoms with Gasteiger partial charge < -0.3 is 9.13 Å². The molecule has 12 rings (SSSR count). The highest BCUT2D eigenvalue weighted by Gasteiger charge is 2.44. The summed E-state index contributed by atoms with van der Waals surface area (Å²) >= 11 is 1.88. The number of nitrogens with zero attached hydrogens (tertiary/aromatic N) is 2. The SMILES string of the molecule is c1ccc(-n2c3ccccc3c3cccc([Si](c4ccccc4)(c4ccccc4)c4cccc(-n5c6ccccc6c6ccc7sc8ccccc8c7c65)c4)c32)cc1. The molecule has 0 fully saturated rings. The van der Waals surface area contributed by atoms with Gasteiger partial charge in [-0.1, -0.05) is 170 Å². The molecule has 0 saturated carbocycles. The van der Waals surface area contributed by atoms with Crippen molar-refractivity contribution in [2.45, 2.75) is 0 Å². The molecule has 3 heterocycles. The molecule has 0 amide bonds. The Bertz CT molecular complexity index is 3470. The van der Waals surface area contributed by atoms with Gasteiger partial charge in [-0.3, -0.25) is 0 Å². The monoisotopic (exact) mass is 772 g/mol. The Balaban J connectivity index is 1.25. The molecule has 0 saturated heterocycles. The van der Waals surface area contributed by atoms with Crippen LogP contribution in [0, 0.1) is 0 Å². The first-order valence-electron chi connectivity index (χ1n) is 19.9. The highest BCUT2D eigenvalue weighted by Crippen LogP contribution is 2.43. The molecule has 0 bridgehead atoms. The fraction of sp³-hybridized carbons (Fsp3) is 0. The van der Waals surface area contributed by atoms with Gasteiger partial charge >= 0.3 is 0 Å². The largest absolute Gasteiger partial charge is 0.309 e. The lowest BCUT2D eigenvalue weighted by Crippen LogP contribution is -2.75. The number of hydrogen-bond acceptors (Lipinski definition) is 1. The highest BCUT2D eigenvalue weighted by molar-refractivity contribution is 7.26. The molecule has 0 unspecified atom stereocenters. The highest BCUT2D eigenvalue weighted by atomic mass is 32.1. The summed E-state index contributed by atoms with van der Waals surface area (Å²) in [6.45, 7) is 0. The molecular formula is C54H36N2SSi. The third kappa shape index (κ3) is 4.70. The molecule has 0 spiro atoms. The van der Waals surface area contributed by atoms with Crippen LogP contribution >= 0.6 is 11.3 Å². The van der Waals surface area contributed by atoms with Crippen molar-refractivity contribution >= 4 is 104 Å². The maximum Gasteiger partial charge on any atom is 0.181 e. The van der Waals surface area contributed by atoms with Gasteiger partial charge in [0.05, 0.1) is 22.1 Å². The Labute approximate surface area is 341 Å². The molecule has 3 aromatic heterocycles. The van der Waals surface area contributed by atoms with Gasteiger partial charge in [-0.25, -0.2) is 0 Å². The molecule has 2 nitrogen and oxygen atoms in total. The first kappa shape index (κ1) is 33.2. The second kappa shape index (κ2) is 13.0. The van der Waals surface area contributed by atoms with Crippen LogP contribution in [0.2, 0.25) is 0 Å². The molecule has 272 valence electrons. The van der Waals surface area contributed by atoms with Crippen molar-refractivity contribution in [2.75, 3.05) is 0 Å². The van der Waals surface area contributed by atoms with Gasteiger partial charge in [0.15, 0.2) is 8.07 Å². The molecule has 4 heteroatoms. The van der Waals surface area contributed by atoms with E-state index in [9.17, 15) is 0 Å². The second-order valence-electron chi connectivity index (χ2n) is 15.2. The van der Waals surface area contributed by atoms with E-state index in [2.05, 4.69) is 228 Å². The number of thiophene rings is 1. The molecule has 9 aromatic carbocycles. The molecule has 0 atom stereocenters. The van der Waals surface area contributed by atoms with Crippen LogP contribution in [-0.4, -0.2) is 17.2 Å². The van der Waals surface area contributed by atoms with Crippen molar-refractivity contribution in [2.24, 2.45) is 0 Å². The molecule has 58 heavy (non-hydrogen) atoms. The van der Waals surface area contributed by atoms with Crippen molar-refractivity contribution in [1.82, 2.24) is 9.13 Å². The van der Waals surface area contributed by atoms with E-state index in [1.165, 1.54) is 90.2 Å². The number of aromatic nitrogens is 2. The summed E-state index contributed by atoms with van der Waals surface area (Å²) in [6.07, 6.45) is 0. The lowest BCUT2D eigenvalue weighted by molar-refractivity contribution is 1.18. The Morgan fingerprint density at radius 1 is 0.328 bits per heavy atom. The van der Waals surface area contributed by atoms with Crippen molar-refractivity contribution in [1.29, 1.82) is 0 Å². The first-order chi connectivity index (χ1) is 28.8. The summed E-state index contributed by atoms with van der Waals surface area (Å²) in [5, 5.41) is 13.1. The van der Waals surface area contributed by atoms with Crippen molar-refractivity contribution < 1.29 is 0 Å². The third-order valence-electron chi connectivity index (χ3n) is 12.2. The van der Waals surface area contributed by atoms with Crippen molar-refractivity contribution in [3.63, 3.8) is 0 Å². The van der Waals surface area contributed by atoms with E-state index in [0.717, 1.165) is 5.69 Å². The Morgan fingerprint density at radius 3 is 1.52 bits per heavy atom. The predicted octanol–water partition coefficient (Wildman–Crippen LogP) is 11.6. The number of para-hydroxylation sites is 4. The molecule has 0 aliphatic carbocycles. The lowest BCUT2D eigenvalue weighted by Gasteiger charge is -2.35. The van der Waals surface area contributed by atoms with Crippen LogP contribution in [0.5, 0.6) is 0 Å². The minimum absolute atomic E-state index is 1.16. The summed E-state index contributed by atoms with van der Waals surface area (Å²) in [6, 6.07) is 81.6. The van der Waals surface area contributed by atoms with Crippen LogP contribution in [0.15, 0.2) is 218 Å². The van der Waals surface area contributed by atoms with Gasteiger partial charge in [-0.2, -0.15) is 0 Å². The van der Waals surface area contributed by atoms with Crippen LogP contribution < -0.4 is 20.7 Å². The zero-order chi connectivity index (χ0) is 38.2. The van der Waals surface area contributed by atoms with Gasteiger partial charge in [0.1, 0.15) is 0 Å². The Kier molecular flexibility index (Phi) is 7.46. The average molecular weight is 773 g/mol. The summed E-state index contributed by atoms with van der Waals surface area (Å²) in [5.74, 6) is 0. The van der Waals surface area contributed by atoms with E-state index in [1.54, 1.807) is 0 Å². The first-order valence-corrected chi connectivity index (χ1v) is 22.8. The summed E-state index contributed by atoms with van der Waals surface area (Å²) in [7, 11) is -3.09. The summed E-state index contributed by atoms with van der Waals surface area (Å²) < 4.78 is 7.69. The minimum Gasteiger partial charge on any atom is -0.309 e. The maximum atomic E-state index is 2.55. The Morgan fingerprint density at radius 2 is 0.828 bits per heavy atom. The van der Waals surface area contributed by atoms with Gasteiger partial charge in [-0.05, 0) is 69.3 Å². The number of hydrogen-bond donors (Lipinski definition) is 0. The van der Waals surface area contributed by atoms with Gasteiger partial charge in [-0.15, -0.1) is 11.3 Å². The van der Waals surface area contributed by atoms with E-state index < -0.39 is 8.07 Å². The van der Waals surface area contributed by atoms with Gasteiger partial charge in [0, 0.05) is 53.1 Å². The van der Waals surface area contributed by atoms with Crippen LogP contribution in [0.3, 0.4) is 0 Å². The van der Waals surface area contributed by atoms with E-state index in [0.29, 0.717) is 0 Å². The van der Waals surface area contributed by atoms with Gasteiger partial charge in [0.25, 0.3) is 0 Å². The summed E-state index contributed by atoms with van der Waals surface area (Å²) in [4.78, 5) is 0. The fourth-order valence-corrected chi connectivity index (χ4v) is 16.0. The van der Waals surface area contributed by atoms with Crippen molar-refractivity contribution in [3.8, 4) is 11.4 Å². The second-order valence-corrected chi connectivity index (χ2v) is 20.1. The lowest BCUT2D eigenvalue weighted by atomic mass is 10.1. The molecule has 0 N–H and O–H groups in total. The Hall–Kier alpha value is -6.98. The van der Waals surface area contributed by atoms with Crippen LogP contribution in [-0.2, 0) is 0 Å². The normalized spacial score (nSPS) is 12.1. The predicted molar refractivity (Wildman–Crippen MR) is 252 cm³/mol. The molecule has 0 aliphatic heterocycles. The summed E-state index contributed by atoms with van der Waals surface area (Å²) in [5.41, 5.74) is 7.30. The fourth-order valence-electron chi connectivity index (χ4n) is 9.92. The van der Waals surface area contributed by atoms with Crippen LogP contribution in [0.1, 0.15) is 0 Å².